The fraction of sp³-hybridized carbons (Fsp3) is 1.00. The number of hydrogen-bond donors (Lipinski definition) is 1. The number of hydrogen-bond acceptors (Lipinski definition) is 2. The van der Waals surface area contributed by atoms with Crippen molar-refractivity contribution in [3.05, 3.63) is 0 Å². The van der Waals surface area contributed by atoms with Crippen molar-refractivity contribution in [2.75, 3.05) is 13.1 Å². The fourth-order valence-electron chi connectivity index (χ4n) is 1.74. The molecule has 0 amide bonds. The Kier molecular flexibility index (Phi) is 3.45. The Hall–Kier alpha value is -0.500. The summed E-state index contributed by atoms with van der Waals surface area (Å²) in [4.78, 5) is 0.0521. The van der Waals surface area contributed by atoms with Crippen LogP contribution in [0.3, 0.4) is 0 Å². The first-order valence-corrected chi connectivity index (χ1v) is 4.71. The van der Waals surface area contributed by atoms with Crippen molar-refractivity contribution < 1.29 is 31.4 Å². The molecule has 1 rings (SSSR count). The van der Waals surface area contributed by atoms with E-state index in [0.29, 0.717) is 6.42 Å². The van der Waals surface area contributed by atoms with E-state index in [4.69, 9.17) is 5.11 Å². The molecule has 1 aliphatic rings. The first kappa shape index (κ1) is 13.6. The van der Waals surface area contributed by atoms with Gasteiger partial charge in [-0.15, -0.1) is 0 Å². The normalized spacial score (nSPS) is 21.2. The summed E-state index contributed by atoms with van der Waals surface area (Å²) in [6.45, 7) is -0.814. The van der Waals surface area contributed by atoms with Crippen molar-refractivity contribution in [1.82, 2.24) is 4.90 Å². The molecule has 0 saturated carbocycles. The number of nitrogens with zero attached hydrogens (tertiary/aromatic N) is 1. The minimum atomic E-state index is -5.75. The molecular weight excluding hydrogens is 240 g/mol. The van der Waals surface area contributed by atoms with Crippen molar-refractivity contribution in [3.63, 3.8) is 0 Å². The molecule has 0 aromatic carbocycles. The van der Waals surface area contributed by atoms with Crippen LogP contribution in [0, 0.1) is 0 Å². The second-order valence-corrected chi connectivity index (χ2v) is 3.72. The third-order valence-electron chi connectivity index (χ3n) is 2.60. The van der Waals surface area contributed by atoms with Crippen molar-refractivity contribution in [2.45, 2.75) is 37.3 Å². The van der Waals surface area contributed by atoms with Crippen LogP contribution in [0.2, 0.25) is 0 Å². The smallest absolute Gasteiger partial charge is 0.361 e. The topological polar surface area (TPSA) is 23.5 Å². The van der Waals surface area contributed by atoms with Gasteiger partial charge in [0.25, 0.3) is 0 Å². The summed E-state index contributed by atoms with van der Waals surface area (Å²) in [7, 11) is 0. The summed E-state index contributed by atoms with van der Waals surface area (Å²) < 4.78 is 74.2. The van der Waals surface area contributed by atoms with Gasteiger partial charge in [-0.3, -0.25) is 4.90 Å². The van der Waals surface area contributed by atoms with Gasteiger partial charge in [0, 0.05) is 13.1 Å². The first-order valence-electron chi connectivity index (χ1n) is 4.71. The Morgan fingerprint density at radius 2 is 1.12 bits per heavy atom. The minimum Gasteiger partial charge on any atom is -0.361 e. The van der Waals surface area contributed by atoms with E-state index in [-0.39, 0.29) is 17.7 Å². The monoisotopic (exact) mass is 251 g/mol. The molecule has 0 spiro atoms. The van der Waals surface area contributed by atoms with Crippen molar-refractivity contribution in [1.29, 1.82) is 0 Å². The van der Waals surface area contributed by atoms with E-state index < -0.39 is 31.2 Å². The third kappa shape index (κ3) is 2.13. The van der Waals surface area contributed by atoms with Crippen LogP contribution in [0.5, 0.6) is 0 Å². The lowest BCUT2D eigenvalue weighted by molar-refractivity contribution is -0.417. The predicted octanol–water partition coefficient (Wildman–Crippen LogP) is 2.29. The van der Waals surface area contributed by atoms with Crippen LogP contribution in [0.25, 0.3) is 0 Å². The molecule has 0 unspecified atom stereocenters. The van der Waals surface area contributed by atoms with Gasteiger partial charge >= 0.3 is 18.1 Å². The summed E-state index contributed by atoms with van der Waals surface area (Å²) in [5.74, 6) is 0. The zero-order chi connectivity index (χ0) is 12.6. The highest BCUT2D eigenvalue weighted by atomic mass is 19.4. The largest absolute Gasteiger partial charge is 0.440 e. The molecule has 0 radical (unpaired) electrons. The number of likely N-dealkylation sites (tertiary alicyclic amines) is 1. The van der Waals surface area contributed by atoms with Crippen LogP contribution < -0.4 is 0 Å². The van der Waals surface area contributed by atoms with Crippen LogP contribution in [-0.2, 0) is 0 Å². The standard InChI is InChI=1S/C8H11F6NO/c9-7(10,11)6(16,8(12,13)14)15-4-2-1-3-5-15/h16H,1-5H2. The molecule has 2 nitrogen and oxygen atoms in total. The minimum absolute atomic E-state index is 0.0521. The van der Waals surface area contributed by atoms with E-state index in [2.05, 4.69) is 0 Å². The zero-order valence-electron chi connectivity index (χ0n) is 8.20. The molecule has 0 aromatic rings. The highest BCUT2D eigenvalue weighted by molar-refractivity contribution is 4.94. The average molecular weight is 251 g/mol. The van der Waals surface area contributed by atoms with Crippen molar-refractivity contribution in [2.24, 2.45) is 0 Å². The van der Waals surface area contributed by atoms with Crippen LogP contribution in [0.1, 0.15) is 19.3 Å². The fourth-order valence-corrected chi connectivity index (χ4v) is 1.74. The summed E-state index contributed by atoms with van der Waals surface area (Å²) in [6, 6.07) is 0. The SMILES string of the molecule is OC(N1CCCCC1)(C(F)(F)F)C(F)(F)F. The molecule has 0 aromatic heterocycles. The molecule has 16 heavy (non-hydrogen) atoms. The van der Waals surface area contributed by atoms with E-state index in [9.17, 15) is 26.3 Å². The second kappa shape index (κ2) is 4.06. The Morgan fingerprint density at radius 3 is 1.44 bits per heavy atom. The van der Waals surface area contributed by atoms with E-state index in [0.717, 1.165) is 0 Å². The quantitative estimate of drug-likeness (QED) is 0.723. The van der Waals surface area contributed by atoms with Gasteiger partial charge in [-0.2, -0.15) is 26.3 Å². The summed E-state index contributed by atoms with van der Waals surface area (Å²) in [5.41, 5.74) is -4.72. The number of alkyl halides is 6. The van der Waals surface area contributed by atoms with E-state index in [1.165, 1.54) is 0 Å². The average Bonchev–Trinajstić information content (AvgIpc) is 2.14. The molecule has 1 N–H and O–H groups in total. The van der Waals surface area contributed by atoms with Gasteiger partial charge in [0.05, 0.1) is 0 Å². The maximum atomic E-state index is 12.4. The molecule has 0 bridgehead atoms. The second-order valence-electron chi connectivity index (χ2n) is 3.72. The Morgan fingerprint density at radius 1 is 0.750 bits per heavy atom. The van der Waals surface area contributed by atoms with Gasteiger partial charge < -0.3 is 5.11 Å². The molecule has 1 heterocycles. The van der Waals surface area contributed by atoms with Gasteiger partial charge in [0.2, 0.25) is 0 Å². The summed E-state index contributed by atoms with van der Waals surface area (Å²) in [6.07, 6.45) is -10.5. The molecule has 1 saturated heterocycles. The molecule has 1 fully saturated rings. The van der Waals surface area contributed by atoms with Crippen LogP contribution in [-0.4, -0.2) is 41.2 Å². The van der Waals surface area contributed by atoms with Gasteiger partial charge in [-0.25, -0.2) is 0 Å². The van der Waals surface area contributed by atoms with Crippen molar-refractivity contribution >= 4 is 0 Å². The Bertz CT molecular complexity index is 228. The van der Waals surface area contributed by atoms with E-state index in [1.54, 1.807) is 0 Å². The maximum Gasteiger partial charge on any atom is 0.440 e. The van der Waals surface area contributed by atoms with Gasteiger partial charge in [0.15, 0.2) is 0 Å². The van der Waals surface area contributed by atoms with Crippen LogP contribution >= 0.6 is 0 Å². The highest BCUT2D eigenvalue weighted by Crippen LogP contribution is 2.45. The molecule has 1 aliphatic heterocycles. The zero-order valence-corrected chi connectivity index (χ0v) is 8.20. The first-order chi connectivity index (χ1) is 7.11. The van der Waals surface area contributed by atoms with Crippen molar-refractivity contribution in [3.8, 4) is 0 Å². The number of halogens is 6. The highest BCUT2D eigenvalue weighted by Gasteiger charge is 2.73. The lowest BCUT2D eigenvalue weighted by Crippen LogP contribution is -2.68. The third-order valence-corrected chi connectivity index (χ3v) is 2.60. The lowest BCUT2D eigenvalue weighted by Gasteiger charge is -2.43. The molecule has 0 atom stereocenters. The van der Waals surface area contributed by atoms with E-state index in [1.807, 2.05) is 0 Å². The number of aliphatic hydroxyl groups is 1. The lowest BCUT2D eigenvalue weighted by atomic mass is 10.0. The summed E-state index contributed by atoms with van der Waals surface area (Å²) >= 11 is 0. The van der Waals surface area contributed by atoms with Gasteiger partial charge in [0.1, 0.15) is 0 Å². The summed E-state index contributed by atoms with van der Waals surface area (Å²) in [5, 5.41) is 8.98. The number of rotatable bonds is 1. The number of piperidine rings is 1. The molecule has 96 valence electrons. The van der Waals surface area contributed by atoms with Gasteiger partial charge in [-0.05, 0) is 12.8 Å². The van der Waals surface area contributed by atoms with Crippen LogP contribution in [0.4, 0.5) is 26.3 Å². The molecular formula is C8H11F6NO. The Labute approximate surface area is 87.8 Å². The maximum absolute atomic E-state index is 12.4. The van der Waals surface area contributed by atoms with Gasteiger partial charge in [-0.1, -0.05) is 6.42 Å². The Balaban J connectivity index is 3.04. The van der Waals surface area contributed by atoms with Crippen LogP contribution in [0.15, 0.2) is 0 Å². The molecule has 8 heteroatoms. The van der Waals surface area contributed by atoms with E-state index >= 15 is 0 Å². The predicted molar refractivity (Wildman–Crippen MR) is 42.5 cm³/mol. The molecule has 0 aliphatic carbocycles.